The Morgan fingerprint density at radius 2 is 1.14 bits per heavy atom. The number of β-amino-alcohol motifs (C(OH)–C–C–N with tert-alkyl or cyclic N) is 2. The number of carbonyl (C=O) groups excluding carboxylic acids is 2. The molecule has 0 bridgehead atoms. The molecule has 2 atom stereocenters. The second-order valence-electron chi connectivity index (χ2n) is 15.7. The van der Waals surface area contributed by atoms with E-state index in [1.165, 1.54) is 15.9 Å². The van der Waals surface area contributed by atoms with Crippen molar-refractivity contribution in [3.8, 4) is 0 Å². The Labute approximate surface area is 403 Å². The van der Waals surface area contributed by atoms with Crippen molar-refractivity contribution < 1.29 is 54.9 Å². The lowest BCUT2D eigenvalue weighted by Crippen LogP contribution is -2.72. The van der Waals surface area contributed by atoms with Crippen LogP contribution in [0.2, 0.25) is 0 Å². The summed E-state index contributed by atoms with van der Waals surface area (Å²) in [4.78, 5) is 27.7. The van der Waals surface area contributed by atoms with Crippen LogP contribution in [0.4, 0.5) is 40.8 Å². The summed E-state index contributed by atoms with van der Waals surface area (Å²) in [5, 5.41) is 27.8. The number of halogens is 11. The number of nitrogens with two attached hydrogens (primary N) is 1. The van der Waals surface area contributed by atoms with E-state index in [0.29, 0.717) is 6.07 Å². The molecule has 350 valence electrons. The maximum atomic E-state index is 14.5. The van der Waals surface area contributed by atoms with Crippen molar-refractivity contribution in [2.75, 3.05) is 45.0 Å². The van der Waals surface area contributed by atoms with Crippen LogP contribution < -0.4 is 16.4 Å². The van der Waals surface area contributed by atoms with E-state index in [9.17, 15) is 54.9 Å². The number of nitrogen functional groups attached to an aromatic ring is 1. The Morgan fingerprint density at radius 3 is 1.61 bits per heavy atom. The largest absolute Gasteiger partial charge is 0.396 e. The number of nitrogens with one attached hydrogen (secondary N) is 2. The first-order valence-corrected chi connectivity index (χ1v) is 27.2. The Bertz CT molecular complexity index is 2260. The van der Waals surface area contributed by atoms with Crippen molar-refractivity contribution in [2.45, 2.75) is 75.7 Å². The number of carbonyl (C=O) groups is 2. The van der Waals surface area contributed by atoms with Gasteiger partial charge in [-0.05, 0) is 115 Å². The quantitative estimate of drug-likeness (QED) is 0.0564. The number of nitrogens with zero attached hydrogens (tertiary/aromatic N) is 2. The molecule has 4 heterocycles. The van der Waals surface area contributed by atoms with Gasteiger partial charge in [0.1, 0.15) is 28.7 Å². The standard InChI is InChI=1S/C22H22F4N2O2.C15H17F3N2O2.C6H5FIN.CH4.I2/c23-14-5-4-13(18(25)10-14)9-16-15(6-7-17(24)20(16)26)21(29)28-11-22(30,12-28)19-3-1-2-8-27-19;16-10-5-4-9(12(17)13(10)18)14(21)20-7-15(22,8-20)11-3-1-2-6-19-11;7-5-3-4(8)1-2-6(5)9;;1-2/h4-7,10,19,27,30H,1-3,8-9,11-12H2;4-5,11,19,22H,1-3,6-8H2;1-3H,9H2;1H4;/t19-;11-;;;/m00.../s1. The molecule has 2 amide bonds. The van der Waals surface area contributed by atoms with Gasteiger partial charge in [0.05, 0.1) is 37.4 Å². The summed E-state index contributed by atoms with van der Waals surface area (Å²) in [5.41, 5.74) is 2.35. The maximum absolute atomic E-state index is 14.5. The molecular formula is C44H48F8I3N5O4. The summed E-state index contributed by atoms with van der Waals surface area (Å²) in [6.07, 6.45) is 5.30. The minimum Gasteiger partial charge on any atom is -0.396 e. The van der Waals surface area contributed by atoms with Crippen LogP contribution in [0.25, 0.3) is 0 Å². The number of hydrogen-bond donors (Lipinski definition) is 5. The molecule has 0 aliphatic carbocycles. The van der Waals surface area contributed by atoms with Gasteiger partial charge in [0.15, 0.2) is 29.1 Å². The zero-order chi connectivity index (χ0) is 46.2. The molecule has 4 fully saturated rings. The van der Waals surface area contributed by atoms with Crippen LogP contribution in [0.3, 0.4) is 0 Å². The number of aliphatic hydroxyl groups is 2. The lowest BCUT2D eigenvalue weighted by atomic mass is 9.81. The molecule has 4 saturated heterocycles. The summed E-state index contributed by atoms with van der Waals surface area (Å²) < 4.78 is 109. The van der Waals surface area contributed by atoms with Gasteiger partial charge in [-0.25, -0.2) is 35.1 Å². The third kappa shape index (κ3) is 12.7. The third-order valence-electron chi connectivity index (χ3n) is 11.4. The van der Waals surface area contributed by atoms with Crippen molar-refractivity contribution in [1.29, 1.82) is 0 Å². The molecule has 0 radical (unpaired) electrons. The molecule has 0 unspecified atom stereocenters. The zero-order valence-corrected chi connectivity index (χ0v) is 39.9. The first-order chi connectivity index (χ1) is 29.9. The molecule has 4 aromatic carbocycles. The highest BCUT2D eigenvalue weighted by Crippen LogP contribution is 2.33. The van der Waals surface area contributed by atoms with Crippen molar-refractivity contribution >= 4 is 77.3 Å². The van der Waals surface area contributed by atoms with Gasteiger partial charge in [-0.1, -0.05) is 26.3 Å². The van der Waals surface area contributed by atoms with Crippen LogP contribution >= 0.6 is 59.8 Å². The van der Waals surface area contributed by atoms with Crippen LogP contribution in [0.5, 0.6) is 0 Å². The molecule has 20 heteroatoms. The number of piperidine rings is 2. The van der Waals surface area contributed by atoms with Crippen LogP contribution in [-0.2, 0) is 6.42 Å². The van der Waals surface area contributed by atoms with Gasteiger partial charge in [0, 0.05) is 76.5 Å². The fourth-order valence-corrected chi connectivity index (χ4v) is 8.39. The monoisotopic (exact) mass is 1240 g/mol. The predicted octanol–water partition coefficient (Wildman–Crippen LogP) is 9.02. The molecule has 64 heavy (non-hydrogen) atoms. The molecule has 0 saturated carbocycles. The van der Waals surface area contributed by atoms with Gasteiger partial charge in [0.25, 0.3) is 11.8 Å². The topological polar surface area (TPSA) is 131 Å². The van der Waals surface area contributed by atoms with Crippen molar-refractivity contribution in [3.05, 3.63) is 133 Å². The van der Waals surface area contributed by atoms with Gasteiger partial charge < -0.3 is 36.4 Å². The first kappa shape index (κ1) is 53.7. The molecule has 0 aromatic heterocycles. The van der Waals surface area contributed by atoms with Gasteiger partial charge in [-0.15, -0.1) is 0 Å². The van der Waals surface area contributed by atoms with E-state index in [0.717, 1.165) is 91.6 Å². The molecule has 4 aliphatic rings. The molecule has 8 rings (SSSR count). The second-order valence-corrected chi connectivity index (χ2v) is 17.0. The number of rotatable bonds is 6. The van der Waals surface area contributed by atoms with E-state index in [-0.39, 0.29) is 73.9 Å². The number of benzene rings is 4. The maximum Gasteiger partial charge on any atom is 0.257 e. The summed E-state index contributed by atoms with van der Waals surface area (Å²) in [6, 6.07) is 11.0. The van der Waals surface area contributed by atoms with Gasteiger partial charge in [-0.3, -0.25) is 9.59 Å². The number of anilines is 1. The highest BCUT2D eigenvalue weighted by atomic mass is 128. The lowest BCUT2D eigenvalue weighted by molar-refractivity contribution is -0.108. The van der Waals surface area contributed by atoms with Crippen LogP contribution in [0.15, 0.2) is 60.7 Å². The Morgan fingerprint density at radius 1 is 0.641 bits per heavy atom. The van der Waals surface area contributed by atoms with Crippen molar-refractivity contribution in [1.82, 2.24) is 20.4 Å². The molecule has 4 aliphatic heterocycles. The van der Waals surface area contributed by atoms with E-state index in [2.05, 4.69) is 47.9 Å². The van der Waals surface area contributed by atoms with E-state index in [4.69, 9.17) is 5.73 Å². The van der Waals surface area contributed by atoms with E-state index in [1.54, 1.807) is 12.1 Å². The van der Waals surface area contributed by atoms with Crippen molar-refractivity contribution in [3.63, 3.8) is 0 Å². The fraction of sp³-hybridized carbons (Fsp3) is 0.409. The minimum absolute atomic E-state index is 0. The smallest absolute Gasteiger partial charge is 0.257 e. The lowest BCUT2D eigenvalue weighted by Gasteiger charge is -2.51. The van der Waals surface area contributed by atoms with Gasteiger partial charge in [0.2, 0.25) is 0 Å². The van der Waals surface area contributed by atoms with E-state index < -0.39 is 75.7 Å². The highest BCUT2D eigenvalue weighted by Gasteiger charge is 2.51. The van der Waals surface area contributed by atoms with Crippen LogP contribution in [0, 0.1) is 50.1 Å². The van der Waals surface area contributed by atoms with Gasteiger partial charge >= 0.3 is 0 Å². The summed E-state index contributed by atoms with van der Waals surface area (Å²) >= 11 is 6.27. The Hall–Kier alpha value is -2.91. The summed E-state index contributed by atoms with van der Waals surface area (Å²) in [5.74, 6) is -10.2. The molecule has 9 nitrogen and oxygen atoms in total. The second kappa shape index (κ2) is 23.7. The fourth-order valence-electron chi connectivity index (χ4n) is 7.93. The first-order valence-electron chi connectivity index (χ1n) is 19.8. The molecular weight excluding hydrogens is 1200 g/mol. The zero-order valence-electron chi connectivity index (χ0n) is 33.5. The van der Waals surface area contributed by atoms with Crippen LogP contribution in [-0.4, -0.2) is 94.4 Å². The SMILES string of the molecule is C.II.Nc1ccc(I)cc1F.O=C(c1ccc(F)c(F)c1Cc1ccc(F)cc1F)N1CC(O)([C@@H]2CCCCN2)C1.O=C(c1ccc(F)c(F)c1F)N1CC(O)([C@@H]2CCCCN2)C1. The third-order valence-corrected chi connectivity index (χ3v) is 12.1. The molecule has 6 N–H and O–H groups in total. The Kier molecular flexibility index (Phi) is 19.9. The molecule has 4 aromatic rings. The number of hydrogen-bond acceptors (Lipinski definition) is 7. The average Bonchev–Trinajstić information content (AvgIpc) is 3.26. The average molecular weight is 1240 g/mol. The predicted molar refractivity (Wildman–Crippen MR) is 253 cm³/mol. The summed E-state index contributed by atoms with van der Waals surface area (Å²) in [7, 11) is 0. The van der Waals surface area contributed by atoms with Gasteiger partial charge in [-0.2, -0.15) is 0 Å². The van der Waals surface area contributed by atoms with E-state index in [1.807, 2.05) is 22.6 Å². The minimum atomic E-state index is -1.66. The number of amides is 2. The summed E-state index contributed by atoms with van der Waals surface area (Å²) in [6.45, 7) is 1.89. The number of likely N-dealkylation sites (tertiary alicyclic amines) is 2. The normalized spacial score (nSPS) is 19.4. The Balaban J connectivity index is 0.000000231. The van der Waals surface area contributed by atoms with Crippen molar-refractivity contribution in [2.24, 2.45) is 0 Å². The highest BCUT2D eigenvalue weighted by molar-refractivity contribution is 15.0. The molecule has 0 spiro atoms. The van der Waals surface area contributed by atoms with E-state index >= 15 is 0 Å². The van der Waals surface area contributed by atoms with Crippen LogP contribution in [0.1, 0.15) is 77.8 Å².